The summed E-state index contributed by atoms with van der Waals surface area (Å²) in [4.78, 5) is 55.0. The topological polar surface area (TPSA) is 220 Å². The number of Topliss-reactive ketones (excluding diaryl/α,β-unsaturated/α-hetero) is 2. The Morgan fingerprint density at radius 2 is 1.88 bits per heavy atom. The maximum atomic E-state index is 14.0. The number of primary amides is 1. The number of fused-ring (bicyclic) bond motifs is 3. The van der Waals surface area contributed by atoms with Gasteiger partial charge in [-0.15, -0.1) is 0 Å². The van der Waals surface area contributed by atoms with Crippen LogP contribution >= 0.6 is 0 Å². The molecule has 222 valence electrons. The third kappa shape index (κ3) is 4.05. The van der Waals surface area contributed by atoms with Crippen LogP contribution in [-0.2, 0) is 27.3 Å². The van der Waals surface area contributed by atoms with Crippen LogP contribution in [0, 0.1) is 11.8 Å². The number of carbonyl (C=O) groups is 4. The average molecular weight is 582 g/mol. The van der Waals surface area contributed by atoms with Crippen molar-refractivity contribution in [2.24, 2.45) is 17.6 Å². The Bertz CT molecular complexity index is 1590. The molecular formula is C28H31N5O9. The fourth-order valence-electron chi connectivity index (χ4n) is 6.48. The number of aliphatic hydroxyl groups is 3. The van der Waals surface area contributed by atoms with E-state index in [9.17, 15) is 39.6 Å². The maximum absolute atomic E-state index is 14.0. The minimum Gasteiger partial charge on any atom is -0.508 e. The van der Waals surface area contributed by atoms with Crippen molar-refractivity contribution in [1.29, 1.82) is 0 Å². The maximum Gasteiger partial charge on any atom is 0.290 e. The Balaban J connectivity index is 1.65. The van der Waals surface area contributed by atoms with Crippen molar-refractivity contribution in [3.05, 3.63) is 57.7 Å². The minimum atomic E-state index is -2.73. The van der Waals surface area contributed by atoms with Crippen LogP contribution < -0.4 is 16.0 Å². The Morgan fingerprint density at radius 1 is 1.19 bits per heavy atom. The zero-order valence-electron chi connectivity index (χ0n) is 23.3. The molecule has 1 fully saturated rings. The van der Waals surface area contributed by atoms with E-state index in [4.69, 9.17) is 10.3 Å². The molecule has 7 N–H and O–H groups in total. The molecule has 0 spiro atoms. The number of nitrogens with one attached hydrogen (secondary N) is 1. The van der Waals surface area contributed by atoms with Crippen LogP contribution in [0.2, 0.25) is 0 Å². The first-order chi connectivity index (χ1) is 19.7. The largest absolute Gasteiger partial charge is 0.508 e. The van der Waals surface area contributed by atoms with E-state index in [1.807, 2.05) is 0 Å². The quantitative estimate of drug-likeness (QED) is 0.247. The second-order valence-corrected chi connectivity index (χ2v) is 11.2. The lowest BCUT2D eigenvalue weighted by Crippen LogP contribution is -2.65. The van der Waals surface area contributed by atoms with Crippen LogP contribution in [0.4, 0.5) is 5.69 Å². The van der Waals surface area contributed by atoms with Gasteiger partial charge in [-0.05, 0) is 44.5 Å². The molecular weight excluding hydrogens is 550 g/mol. The predicted octanol–water partition coefficient (Wildman–Crippen LogP) is -0.0520. The van der Waals surface area contributed by atoms with Gasteiger partial charge in [0.15, 0.2) is 11.4 Å². The van der Waals surface area contributed by atoms with Gasteiger partial charge in [0.2, 0.25) is 11.5 Å². The normalized spacial score (nSPS) is 25.2. The molecule has 1 aromatic heterocycles. The van der Waals surface area contributed by atoms with E-state index in [1.54, 1.807) is 39.2 Å². The zero-order chi connectivity index (χ0) is 30.8. The highest BCUT2D eigenvalue weighted by molar-refractivity contribution is 6.24. The summed E-state index contributed by atoms with van der Waals surface area (Å²) in [6.45, 7) is -0.177. The number of ketones is 2. The smallest absolute Gasteiger partial charge is 0.290 e. The summed E-state index contributed by atoms with van der Waals surface area (Å²) in [7, 11) is 6.58. The number of aromatic nitrogens is 1. The molecule has 0 bridgehead atoms. The first-order valence-electron chi connectivity index (χ1n) is 13.1. The highest BCUT2D eigenvalue weighted by atomic mass is 16.5. The third-order valence-corrected chi connectivity index (χ3v) is 8.36. The van der Waals surface area contributed by atoms with Gasteiger partial charge in [-0.2, -0.15) is 0 Å². The zero-order valence-corrected chi connectivity index (χ0v) is 23.3. The van der Waals surface area contributed by atoms with Crippen molar-refractivity contribution in [3.63, 3.8) is 0 Å². The number of hydrogen-bond acceptors (Lipinski definition) is 12. The van der Waals surface area contributed by atoms with Crippen molar-refractivity contribution in [2.75, 3.05) is 33.1 Å². The Hall–Kier alpha value is -4.69. The standard InChI is InChI=1S/C28H31N5O9/c1-32(2)15-9-12(10-30-27(40)16-5-6-31-42-16)21(34)18-13(15)7-11-8-14-20(33(3)4)23(36)19(26(29)39)25(38)28(14,41)24(37)17(11)22(18)35/h5-6,9,11,14,20,34-35,38,41H,7-8,10H2,1-4H3,(H2,29,39)(H,30,40)/t11-,14-,20?,28-/m0/s1. The number of benzene rings is 1. The van der Waals surface area contributed by atoms with Crippen molar-refractivity contribution in [1.82, 2.24) is 15.4 Å². The molecule has 14 heteroatoms. The first-order valence-corrected chi connectivity index (χ1v) is 13.1. The Kier molecular flexibility index (Phi) is 6.86. The third-order valence-electron chi connectivity index (χ3n) is 8.36. The molecule has 0 aliphatic heterocycles. The predicted molar refractivity (Wildman–Crippen MR) is 146 cm³/mol. The van der Waals surface area contributed by atoms with Gasteiger partial charge in [0.25, 0.3) is 11.8 Å². The molecule has 42 heavy (non-hydrogen) atoms. The lowest BCUT2D eigenvalue weighted by molar-refractivity contribution is -0.153. The second kappa shape index (κ2) is 9.99. The lowest BCUT2D eigenvalue weighted by atomic mass is 9.57. The fraction of sp³-hybridized carbons (Fsp3) is 0.393. The van der Waals surface area contributed by atoms with Gasteiger partial charge in [-0.1, -0.05) is 5.16 Å². The van der Waals surface area contributed by atoms with Crippen LogP contribution in [0.15, 0.2) is 39.8 Å². The summed E-state index contributed by atoms with van der Waals surface area (Å²) < 4.78 is 4.85. The monoisotopic (exact) mass is 581 g/mol. The molecule has 1 aromatic carbocycles. The summed E-state index contributed by atoms with van der Waals surface area (Å²) in [5, 5.41) is 51.7. The number of aromatic hydroxyl groups is 1. The van der Waals surface area contributed by atoms with Gasteiger partial charge in [0.05, 0.1) is 17.8 Å². The molecule has 2 amide bonds. The summed E-state index contributed by atoms with van der Waals surface area (Å²) in [6.07, 6.45) is 1.42. The van der Waals surface area contributed by atoms with Crippen molar-refractivity contribution in [3.8, 4) is 5.75 Å². The number of carbonyl (C=O) groups excluding carboxylic acids is 4. The molecule has 4 atom stereocenters. The molecule has 1 heterocycles. The molecule has 3 aliphatic carbocycles. The number of amides is 2. The van der Waals surface area contributed by atoms with E-state index in [0.717, 1.165) is 0 Å². The van der Waals surface area contributed by atoms with E-state index in [0.29, 0.717) is 11.3 Å². The van der Waals surface area contributed by atoms with E-state index in [2.05, 4.69) is 10.5 Å². The first kappa shape index (κ1) is 28.8. The van der Waals surface area contributed by atoms with Crippen LogP contribution in [0.25, 0.3) is 5.76 Å². The number of nitrogens with zero attached hydrogens (tertiary/aromatic N) is 3. The van der Waals surface area contributed by atoms with Gasteiger partial charge in [0.1, 0.15) is 22.8 Å². The van der Waals surface area contributed by atoms with Crippen molar-refractivity contribution in [2.45, 2.75) is 31.0 Å². The summed E-state index contributed by atoms with van der Waals surface area (Å²) in [5.74, 6) is -7.90. The molecule has 5 rings (SSSR count). The molecule has 14 nitrogen and oxygen atoms in total. The number of anilines is 1. The molecule has 1 saturated carbocycles. The highest BCUT2D eigenvalue weighted by Crippen LogP contribution is 2.54. The van der Waals surface area contributed by atoms with Crippen molar-refractivity contribution >= 4 is 34.8 Å². The van der Waals surface area contributed by atoms with Crippen LogP contribution in [0.3, 0.4) is 0 Å². The number of likely N-dealkylation sites (N-methyl/N-ethyl adjacent to an activating group) is 1. The second-order valence-electron chi connectivity index (χ2n) is 11.2. The van der Waals surface area contributed by atoms with Gasteiger partial charge < -0.3 is 40.9 Å². The van der Waals surface area contributed by atoms with Gasteiger partial charge >= 0.3 is 0 Å². The van der Waals surface area contributed by atoms with Crippen LogP contribution in [0.5, 0.6) is 5.75 Å². The SMILES string of the molecule is CN(C)c1cc(CNC(=O)c2ccno2)c(O)c2c1C[C@H]1C[C@H]3C(N(C)C)C(=O)C(C(N)=O)=C(O)[C@@]3(O)C(=O)C1=C2O. The lowest BCUT2D eigenvalue weighted by Gasteiger charge is -2.50. The number of aliphatic hydroxyl groups excluding tert-OH is 2. The number of rotatable bonds is 6. The van der Waals surface area contributed by atoms with Gasteiger partial charge in [0, 0.05) is 49.4 Å². The highest BCUT2D eigenvalue weighted by Gasteiger charge is 2.64. The van der Waals surface area contributed by atoms with Crippen molar-refractivity contribution < 1.29 is 44.1 Å². The fourth-order valence-corrected chi connectivity index (χ4v) is 6.48. The molecule has 3 aliphatic rings. The number of hydrogen-bond donors (Lipinski definition) is 6. The molecule has 0 saturated heterocycles. The van der Waals surface area contributed by atoms with E-state index in [1.165, 1.54) is 17.2 Å². The van der Waals surface area contributed by atoms with Crippen LogP contribution in [0.1, 0.15) is 33.7 Å². The molecule has 0 radical (unpaired) electrons. The number of phenolic OH excluding ortho intramolecular Hbond substituents is 1. The summed E-state index contributed by atoms with van der Waals surface area (Å²) >= 11 is 0. The summed E-state index contributed by atoms with van der Waals surface area (Å²) in [6, 6.07) is 1.84. The van der Waals surface area contributed by atoms with Crippen LogP contribution in [-0.4, -0.2) is 93.7 Å². The Morgan fingerprint density at radius 3 is 2.45 bits per heavy atom. The summed E-state index contributed by atoms with van der Waals surface area (Å²) in [5.41, 5.74) is 2.74. The molecule has 1 unspecified atom stereocenters. The number of nitrogens with two attached hydrogens (primary N) is 1. The van der Waals surface area contributed by atoms with E-state index < -0.39 is 69.7 Å². The van der Waals surface area contributed by atoms with E-state index in [-0.39, 0.29) is 41.8 Å². The van der Waals surface area contributed by atoms with Gasteiger partial charge in [-0.3, -0.25) is 24.1 Å². The average Bonchev–Trinajstić information content (AvgIpc) is 3.45. The Labute approximate surface area is 239 Å². The number of phenols is 1. The van der Waals surface area contributed by atoms with E-state index >= 15 is 0 Å². The molecule has 2 aromatic rings. The minimum absolute atomic E-state index is 0.0195. The van der Waals surface area contributed by atoms with Gasteiger partial charge in [-0.25, -0.2) is 0 Å².